The Bertz CT molecular complexity index is 871. The van der Waals surface area contributed by atoms with Gasteiger partial charge < -0.3 is 10.2 Å². The fourth-order valence-corrected chi connectivity index (χ4v) is 3.27. The van der Waals surface area contributed by atoms with Crippen molar-refractivity contribution in [3.8, 4) is 0 Å². The van der Waals surface area contributed by atoms with Crippen LogP contribution in [0.1, 0.15) is 17.5 Å². The number of hydrogen-bond donors (Lipinski definition) is 1. The SMILES string of the molecule is O=C(Nc1cc(C(F)(F)F)ccc1Cl)C1CC(=O)N(CCc2ccccc2)C1. The van der Waals surface area contributed by atoms with Crippen LogP contribution in [-0.2, 0) is 22.2 Å². The van der Waals surface area contributed by atoms with E-state index < -0.39 is 23.6 Å². The van der Waals surface area contributed by atoms with Crippen molar-refractivity contribution in [2.75, 3.05) is 18.4 Å². The number of alkyl halides is 3. The Labute approximate surface area is 165 Å². The van der Waals surface area contributed by atoms with Crippen LogP contribution in [0, 0.1) is 5.92 Å². The molecule has 1 aliphatic rings. The van der Waals surface area contributed by atoms with Gasteiger partial charge in [0.25, 0.3) is 0 Å². The molecule has 0 saturated carbocycles. The van der Waals surface area contributed by atoms with Gasteiger partial charge in [0.2, 0.25) is 11.8 Å². The van der Waals surface area contributed by atoms with E-state index in [-0.39, 0.29) is 29.6 Å². The quantitative estimate of drug-likeness (QED) is 0.794. The first-order valence-electron chi connectivity index (χ1n) is 8.73. The minimum absolute atomic E-state index is 0.00612. The summed E-state index contributed by atoms with van der Waals surface area (Å²) in [6.45, 7) is 0.713. The molecule has 0 aromatic heterocycles. The minimum Gasteiger partial charge on any atom is -0.342 e. The minimum atomic E-state index is -4.54. The van der Waals surface area contributed by atoms with Gasteiger partial charge in [-0.25, -0.2) is 0 Å². The molecule has 0 spiro atoms. The summed E-state index contributed by atoms with van der Waals surface area (Å²) in [6, 6.07) is 12.4. The molecule has 2 aromatic carbocycles. The number of carbonyl (C=O) groups excluding carboxylic acids is 2. The summed E-state index contributed by atoms with van der Waals surface area (Å²) in [6.07, 6.45) is -3.85. The van der Waals surface area contributed by atoms with E-state index in [1.807, 2.05) is 30.3 Å². The van der Waals surface area contributed by atoms with E-state index in [1.54, 1.807) is 4.90 Å². The Morgan fingerprint density at radius 3 is 2.57 bits per heavy atom. The Morgan fingerprint density at radius 1 is 1.18 bits per heavy atom. The zero-order valence-electron chi connectivity index (χ0n) is 14.8. The highest BCUT2D eigenvalue weighted by Gasteiger charge is 2.35. The molecule has 1 atom stereocenters. The summed E-state index contributed by atoms with van der Waals surface area (Å²) in [4.78, 5) is 26.3. The largest absolute Gasteiger partial charge is 0.416 e. The molecule has 2 aromatic rings. The lowest BCUT2D eigenvalue weighted by Crippen LogP contribution is -2.30. The van der Waals surface area contributed by atoms with Crippen LogP contribution in [0.3, 0.4) is 0 Å². The van der Waals surface area contributed by atoms with Crippen molar-refractivity contribution >= 4 is 29.1 Å². The van der Waals surface area contributed by atoms with Crippen molar-refractivity contribution in [3.05, 3.63) is 64.7 Å². The number of rotatable bonds is 5. The van der Waals surface area contributed by atoms with Crippen LogP contribution in [0.25, 0.3) is 0 Å². The van der Waals surface area contributed by atoms with E-state index in [0.29, 0.717) is 13.0 Å². The average molecular weight is 411 g/mol. The summed E-state index contributed by atoms with van der Waals surface area (Å²) in [5, 5.41) is 2.44. The molecular weight excluding hydrogens is 393 g/mol. The molecule has 1 unspecified atom stereocenters. The van der Waals surface area contributed by atoms with Gasteiger partial charge in [0.15, 0.2) is 0 Å². The second-order valence-electron chi connectivity index (χ2n) is 6.66. The highest BCUT2D eigenvalue weighted by atomic mass is 35.5. The highest BCUT2D eigenvalue weighted by molar-refractivity contribution is 6.33. The van der Waals surface area contributed by atoms with Crippen molar-refractivity contribution in [2.45, 2.75) is 19.0 Å². The molecule has 28 heavy (non-hydrogen) atoms. The zero-order chi connectivity index (χ0) is 20.3. The molecule has 4 nitrogen and oxygen atoms in total. The van der Waals surface area contributed by atoms with E-state index in [4.69, 9.17) is 11.6 Å². The van der Waals surface area contributed by atoms with Crippen molar-refractivity contribution in [1.29, 1.82) is 0 Å². The molecule has 148 valence electrons. The Balaban J connectivity index is 1.62. The van der Waals surface area contributed by atoms with Gasteiger partial charge in [0.05, 0.1) is 22.2 Å². The van der Waals surface area contributed by atoms with Gasteiger partial charge in [-0.2, -0.15) is 13.2 Å². The van der Waals surface area contributed by atoms with Crippen LogP contribution in [0.4, 0.5) is 18.9 Å². The van der Waals surface area contributed by atoms with E-state index in [2.05, 4.69) is 5.32 Å². The fourth-order valence-electron chi connectivity index (χ4n) is 3.10. The number of nitrogens with one attached hydrogen (secondary N) is 1. The smallest absolute Gasteiger partial charge is 0.342 e. The van der Waals surface area contributed by atoms with Crippen LogP contribution < -0.4 is 5.32 Å². The van der Waals surface area contributed by atoms with Crippen LogP contribution in [0.15, 0.2) is 48.5 Å². The first-order valence-corrected chi connectivity index (χ1v) is 9.11. The molecule has 1 aliphatic heterocycles. The standard InChI is InChI=1S/C20H18ClF3N2O2/c21-16-7-6-15(20(22,23)24)11-17(16)25-19(28)14-10-18(27)26(12-14)9-8-13-4-2-1-3-5-13/h1-7,11,14H,8-10,12H2,(H,25,28). The number of carbonyl (C=O) groups is 2. The van der Waals surface area contributed by atoms with Crippen molar-refractivity contribution in [1.82, 2.24) is 4.90 Å². The topological polar surface area (TPSA) is 49.4 Å². The zero-order valence-corrected chi connectivity index (χ0v) is 15.6. The van der Waals surface area contributed by atoms with E-state index in [9.17, 15) is 22.8 Å². The van der Waals surface area contributed by atoms with Crippen molar-refractivity contribution in [2.24, 2.45) is 5.92 Å². The van der Waals surface area contributed by atoms with Gasteiger partial charge in [0.1, 0.15) is 0 Å². The molecule has 1 saturated heterocycles. The molecular formula is C20H18ClF3N2O2. The van der Waals surface area contributed by atoms with Gasteiger partial charge in [0, 0.05) is 19.5 Å². The summed E-state index contributed by atoms with van der Waals surface area (Å²) in [5.74, 6) is -1.29. The van der Waals surface area contributed by atoms with Gasteiger partial charge in [-0.3, -0.25) is 9.59 Å². The second-order valence-corrected chi connectivity index (χ2v) is 7.07. The van der Waals surface area contributed by atoms with E-state index in [0.717, 1.165) is 23.8 Å². The van der Waals surface area contributed by atoms with Crippen molar-refractivity contribution in [3.63, 3.8) is 0 Å². The number of halogens is 4. The van der Waals surface area contributed by atoms with E-state index in [1.165, 1.54) is 0 Å². The number of likely N-dealkylation sites (tertiary alicyclic amines) is 1. The molecule has 0 bridgehead atoms. The predicted molar refractivity (Wildman–Crippen MR) is 99.9 cm³/mol. The van der Waals surface area contributed by atoms with Gasteiger partial charge in [-0.1, -0.05) is 41.9 Å². The number of hydrogen-bond acceptors (Lipinski definition) is 2. The molecule has 1 fully saturated rings. The average Bonchev–Trinajstić information content (AvgIpc) is 3.02. The Morgan fingerprint density at radius 2 is 1.89 bits per heavy atom. The van der Waals surface area contributed by atoms with Crippen LogP contribution in [-0.4, -0.2) is 29.8 Å². The lowest BCUT2D eigenvalue weighted by molar-refractivity contribution is -0.137. The van der Waals surface area contributed by atoms with Crippen molar-refractivity contribution < 1.29 is 22.8 Å². The van der Waals surface area contributed by atoms with Crippen LogP contribution in [0.5, 0.6) is 0 Å². The first kappa shape index (κ1) is 20.2. The third kappa shape index (κ3) is 4.84. The van der Waals surface area contributed by atoms with Crippen LogP contribution >= 0.6 is 11.6 Å². The fraction of sp³-hybridized carbons (Fsp3) is 0.300. The highest BCUT2D eigenvalue weighted by Crippen LogP contribution is 2.34. The number of nitrogens with zero attached hydrogens (tertiary/aromatic N) is 1. The summed E-state index contributed by atoms with van der Waals surface area (Å²) in [5.41, 5.74) is 0.0646. The molecule has 0 radical (unpaired) electrons. The molecule has 0 aliphatic carbocycles. The molecule has 1 heterocycles. The second kappa shape index (κ2) is 8.22. The number of benzene rings is 2. The summed E-state index contributed by atoms with van der Waals surface area (Å²) < 4.78 is 38.6. The third-order valence-electron chi connectivity index (χ3n) is 4.65. The molecule has 2 amide bonds. The lowest BCUT2D eigenvalue weighted by atomic mass is 10.1. The molecule has 8 heteroatoms. The third-order valence-corrected chi connectivity index (χ3v) is 4.98. The summed E-state index contributed by atoms with van der Waals surface area (Å²) >= 11 is 5.91. The molecule has 1 N–H and O–H groups in total. The normalized spacial score (nSPS) is 17.1. The molecule has 3 rings (SSSR count). The first-order chi connectivity index (χ1) is 13.2. The maximum absolute atomic E-state index is 12.9. The monoisotopic (exact) mass is 410 g/mol. The number of anilines is 1. The lowest BCUT2D eigenvalue weighted by Gasteiger charge is -2.17. The maximum Gasteiger partial charge on any atom is 0.416 e. The maximum atomic E-state index is 12.9. The summed E-state index contributed by atoms with van der Waals surface area (Å²) in [7, 11) is 0. The number of amides is 2. The van der Waals surface area contributed by atoms with Gasteiger partial charge >= 0.3 is 6.18 Å². The predicted octanol–water partition coefficient (Wildman–Crippen LogP) is 4.39. The Hall–Kier alpha value is -2.54. The van der Waals surface area contributed by atoms with Gasteiger partial charge in [-0.05, 0) is 30.2 Å². The Kier molecular flexibility index (Phi) is 5.93. The van der Waals surface area contributed by atoms with Gasteiger partial charge in [-0.15, -0.1) is 0 Å². The van der Waals surface area contributed by atoms with E-state index >= 15 is 0 Å². The van der Waals surface area contributed by atoms with Crippen LogP contribution in [0.2, 0.25) is 5.02 Å².